The van der Waals surface area contributed by atoms with E-state index in [0.717, 1.165) is 42.2 Å². The average molecular weight is 509 g/mol. The molecular formula is C30H29FN6O. The maximum Gasteiger partial charge on any atom is 0.276 e. The number of carbonyl (C=O) groups is 1. The van der Waals surface area contributed by atoms with Crippen LogP contribution in [0.2, 0.25) is 0 Å². The van der Waals surface area contributed by atoms with E-state index in [2.05, 4.69) is 48.6 Å². The molecule has 4 aromatic rings. The van der Waals surface area contributed by atoms with Crippen molar-refractivity contribution >= 4 is 23.7 Å². The minimum Gasteiger partial charge on any atom is -0.319 e. The van der Waals surface area contributed by atoms with Gasteiger partial charge in [-0.15, -0.1) is 0 Å². The second-order valence-corrected chi connectivity index (χ2v) is 9.94. The van der Waals surface area contributed by atoms with E-state index in [0.29, 0.717) is 22.6 Å². The summed E-state index contributed by atoms with van der Waals surface area (Å²) < 4.78 is 14.1. The standard InChI is InChI=1S/C30H29FN6O/c31-26-7-3-2-6-24(26)27-11-9-23(18-33-27)34-30(38)29-25-15-21(8-10-28(25)35-36-29)22-14-20(16-32-17-22)19-37-12-4-1-5-13-37/h2-3,6-7,9-11,14-18,21,35H,1,4-5,8,12-13,19H2,(H,34,38). The van der Waals surface area contributed by atoms with Gasteiger partial charge < -0.3 is 5.32 Å². The molecule has 38 heavy (non-hydrogen) atoms. The van der Waals surface area contributed by atoms with Crippen LogP contribution in [0.5, 0.6) is 0 Å². The van der Waals surface area contributed by atoms with E-state index >= 15 is 0 Å². The SMILES string of the molecule is O=C(Nc1ccc(-c2ccccc2F)nc1)c1n[nH]c2c1=CC(c1cncc(CN3CCCCC3)c1)CC=2. The zero-order valence-corrected chi connectivity index (χ0v) is 21.0. The fourth-order valence-electron chi connectivity index (χ4n) is 5.27. The summed E-state index contributed by atoms with van der Waals surface area (Å²) in [5.41, 5.74) is 4.12. The highest BCUT2D eigenvalue weighted by Crippen LogP contribution is 2.25. The Bertz CT molecular complexity index is 1570. The number of rotatable bonds is 6. The van der Waals surface area contributed by atoms with E-state index in [1.807, 2.05) is 12.4 Å². The lowest BCUT2D eigenvalue weighted by molar-refractivity contribution is 0.102. The van der Waals surface area contributed by atoms with Crippen molar-refractivity contribution in [3.05, 3.63) is 94.3 Å². The van der Waals surface area contributed by atoms with E-state index in [1.165, 1.54) is 37.1 Å². The van der Waals surface area contributed by atoms with E-state index in [1.54, 1.807) is 30.3 Å². The molecule has 1 aliphatic carbocycles. The number of nitrogens with one attached hydrogen (secondary N) is 2. The summed E-state index contributed by atoms with van der Waals surface area (Å²) in [7, 11) is 0. The normalized spacial score (nSPS) is 17.2. The number of benzene rings is 1. The van der Waals surface area contributed by atoms with Gasteiger partial charge in [-0.25, -0.2) is 4.39 Å². The van der Waals surface area contributed by atoms with Crippen molar-refractivity contribution in [2.24, 2.45) is 0 Å². The molecule has 8 heteroatoms. The van der Waals surface area contributed by atoms with Crippen molar-refractivity contribution in [2.75, 3.05) is 18.4 Å². The lowest BCUT2D eigenvalue weighted by Crippen LogP contribution is -2.32. The van der Waals surface area contributed by atoms with Gasteiger partial charge in [0.15, 0.2) is 5.69 Å². The number of piperidine rings is 1. The van der Waals surface area contributed by atoms with Gasteiger partial charge in [-0.05, 0) is 67.7 Å². The minimum atomic E-state index is -0.339. The summed E-state index contributed by atoms with van der Waals surface area (Å²) in [6.45, 7) is 3.21. The number of anilines is 1. The molecule has 1 fully saturated rings. The van der Waals surface area contributed by atoms with Crippen LogP contribution in [0.4, 0.5) is 10.1 Å². The highest BCUT2D eigenvalue weighted by molar-refractivity contribution is 6.03. The zero-order chi connectivity index (χ0) is 25.9. The first kappa shape index (κ1) is 24.2. The fraction of sp³-hybridized carbons (Fsp3) is 0.267. The number of nitrogens with zero attached hydrogens (tertiary/aromatic N) is 4. The Kier molecular flexibility index (Phi) is 6.79. The number of H-pyrrole nitrogens is 1. The third-order valence-electron chi connectivity index (χ3n) is 7.26. The lowest BCUT2D eigenvalue weighted by atomic mass is 9.92. The van der Waals surface area contributed by atoms with Gasteiger partial charge >= 0.3 is 0 Å². The van der Waals surface area contributed by atoms with Crippen LogP contribution >= 0.6 is 0 Å². The quantitative estimate of drug-likeness (QED) is 0.411. The van der Waals surface area contributed by atoms with E-state index in [9.17, 15) is 9.18 Å². The maximum absolute atomic E-state index is 14.1. The molecule has 1 saturated heterocycles. The molecule has 0 saturated carbocycles. The molecule has 4 heterocycles. The molecule has 1 aromatic carbocycles. The van der Waals surface area contributed by atoms with Gasteiger partial charge in [-0.3, -0.25) is 24.8 Å². The summed E-state index contributed by atoms with van der Waals surface area (Å²) in [4.78, 5) is 24.5. The van der Waals surface area contributed by atoms with Gasteiger partial charge in [0, 0.05) is 35.6 Å². The Balaban J connectivity index is 1.20. The van der Waals surface area contributed by atoms with Crippen molar-refractivity contribution in [1.82, 2.24) is 25.1 Å². The second-order valence-electron chi connectivity index (χ2n) is 9.94. The van der Waals surface area contributed by atoms with Crippen LogP contribution in [0, 0.1) is 5.82 Å². The maximum atomic E-state index is 14.1. The Morgan fingerprint density at radius 1 is 1.08 bits per heavy atom. The lowest BCUT2D eigenvalue weighted by Gasteiger charge is -2.26. The molecule has 2 aliphatic rings. The molecule has 0 radical (unpaired) electrons. The third-order valence-corrected chi connectivity index (χ3v) is 7.26. The average Bonchev–Trinajstić information content (AvgIpc) is 3.38. The van der Waals surface area contributed by atoms with E-state index in [-0.39, 0.29) is 17.6 Å². The van der Waals surface area contributed by atoms with Crippen LogP contribution < -0.4 is 15.9 Å². The number of pyridine rings is 2. The number of aromatic nitrogens is 4. The van der Waals surface area contributed by atoms with Crippen LogP contribution in [-0.4, -0.2) is 44.1 Å². The number of hydrogen-bond acceptors (Lipinski definition) is 5. The number of fused-ring (bicyclic) bond motifs is 1. The molecule has 1 atom stereocenters. The highest BCUT2D eigenvalue weighted by Gasteiger charge is 2.19. The van der Waals surface area contributed by atoms with E-state index < -0.39 is 0 Å². The van der Waals surface area contributed by atoms with Gasteiger partial charge in [0.1, 0.15) is 5.82 Å². The molecule has 1 unspecified atom stereocenters. The van der Waals surface area contributed by atoms with Gasteiger partial charge in [-0.1, -0.05) is 36.8 Å². The topological polar surface area (TPSA) is 86.8 Å². The molecule has 7 nitrogen and oxygen atoms in total. The van der Waals surface area contributed by atoms with Crippen molar-refractivity contribution in [3.63, 3.8) is 0 Å². The monoisotopic (exact) mass is 508 g/mol. The smallest absolute Gasteiger partial charge is 0.276 e. The minimum absolute atomic E-state index is 0.113. The van der Waals surface area contributed by atoms with Gasteiger partial charge in [-0.2, -0.15) is 5.10 Å². The van der Waals surface area contributed by atoms with Gasteiger partial charge in [0.25, 0.3) is 5.91 Å². The number of hydrogen-bond donors (Lipinski definition) is 2. The molecule has 1 aliphatic heterocycles. The zero-order valence-electron chi connectivity index (χ0n) is 21.0. The molecule has 0 spiro atoms. The van der Waals surface area contributed by atoms with E-state index in [4.69, 9.17) is 0 Å². The first-order valence-corrected chi connectivity index (χ1v) is 13.1. The Hall–Kier alpha value is -4.17. The highest BCUT2D eigenvalue weighted by atomic mass is 19.1. The molecule has 6 rings (SSSR count). The van der Waals surface area contributed by atoms with Gasteiger partial charge in [0.2, 0.25) is 0 Å². The summed E-state index contributed by atoms with van der Waals surface area (Å²) in [5, 5.41) is 11.8. The third kappa shape index (κ3) is 5.13. The van der Waals surface area contributed by atoms with Crippen LogP contribution in [0.3, 0.4) is 0 Å². The summed E-state index contributed by atoms with van der Waals surface area (Å²) in [6, 6.07) is 12.1. The number of likely N-dealkylation sites (tertiary alicyclic amines) is 1. The Labute approximate surface area is 220 Å². The fourth-order valence-corrected chi connectivity index (χ4v) is 5.27. The largest absolute Gasteiger partial charge is 0.319 e. The Morgan fingerprint density at radius 2 is 1.95 bits per heavy atom. The first-order chi connectivity index (χ1) is 18.6. The van der Waals surface area contributed by atoms with Crippen molar-refractivity contribution in [3.8, 4) is 11.3 Å². The molecule has 3 aromatic heterocycles. The molecule has 192 valence electrons. The van der Waals surface area contributed by atoms with Gasteiger partial charge in [0.05, 0.1) is 22.9 Å². The van der Waals surface area contributed by atoms with Crippen LogP contribution in [0.1, 0.15) is 53.2 Å². The van der Waals surface area contributed by atoms with Crippen molar-refractivity contribution in [2.45, 2.75) is 38.1 Å². The summed E-state index contributed by atoms with van der Waals surface area (Å²) in [5.74, 6) is -0.555. The summed E-state index contributed by atoms with van der Waals surface area (Å²) in [6.07, 6.45) is 14.3. The predicted molar refractivity (Wildman–Crippen MR) is 145 cm³/mol. The molecule has 0 bridgehead atoms. The Morgan fingerprint density at radius 3 is 2.76 bits per heavy atom. The van der Waals surface area contributed by atoms with Crippen molar-refractivity contribution in [1.29, 1.82) is 0 Å². The predicted octanol–water partition coefficient (Wildman–Crippen LogP) is 3.99. The van der Waals surface area contributed by atoms with Crippen LogP contribution in [0.25, 0.3) is 23.4 Å². The number of halogens is 1. The number of carbonyl (C=O) groups excluding carboxylic acids is 1. The molecule has 2 N–H and O–H groups in total. The molecular weight excluding hydrogens is 479 g/mol. The first-order valence-electron chi connectivity index (χ1n) is 13.1. The van der Waals surface area contributed by atoms with Crippen LogP contribution in [0.15, 0.2) is 61.1 Å². The summed E-state index contributed by atoms with van der Waals surface area (Å²) >= 11 is 0. The van der Waals surface area contributed by atoms with Crippen LogP contribution in [-0.2, 0) is 6.54 Å². The number of aromatic amines is 1. The van der Waals surface area contributed by atoms with Crippen molar-refractivity contribution < 1.29 is 9.18 Å². The molecule has 1 amide bonds. The number of amides is 1. The second kappa shape index (κ2) is 10.7.